The molecule has 2 heterocycles. The molecule has 2 aliphatic heterocycles. The topological polar surface area (TPSA) is 66.4 Å². The monoisotopic (exact) mass is 462 g/mol. The zero-order valence-electron chi connectivity index (χ0n) is 18.9. The van der Waals surface area contributed by atoms with Crippen molar-refractivity contribution < 1.29 is 28.8 Å². The van der Waals surface area contributed by atoms with E-state index in [2.05, 4.69) is 0 Å². The molecule has 2 fully saturated rings. The van der Waals surface area contributed by atoms with Gasteiger partial charge in [-0.05, 0) is 11.1 Å². The number of aliphatic hydroxyl groups excluding tert-OH is 1. The van der Waals surface area contributed by atoms with Crippen molar-refractivity contribution in [3.05, 3.63) is 108 Å². The van der Waals surface area contributed by atoms with Crippen LogP contribution in [0.5, 0.6) is 0 Å². The van der Waals surface area contributed by atoms with Gasteiger partial charge < -0.3 is 28.8 Å². The quantitative estimate of drug-likeness (QED) is 0.545. The Morgan fingerprint density at radius 1 is 0.765 bits per heavy atom. The summed E-state index contributed by atoms with van der Waals surface area (Å²) in [6, 6.07) is 29.6. The Hall–Kier alpha value is -2.58. The SMILES string of the molecule is OC1[C@H](OCc2ccccc2)C2OC(c3ccccc3)OC[C@@H]2O[C@@H]1COCc1ccccc1. The van der Waals surface area contributed by atoms with Crippen molar-refractivity contribution in [2.45, 2.75) is 50.0 Å². The molecule has 0 aromatic heterocycles. The van der Waals surface area contributed by atoms with Gasteiger partial charge in [-0.1, -0.05) is 91.0 Å². The van der Waals surface area contributed by atoms with Crippen molar-refractivity contribution >= 4 is 0 Å². The number of benzene rings is 3. The van der Waals surface area contributed by atoms with E-state index in [1.165, 1.54) is 0 Å². The van der Waals surface area contributed by atoms with Gasteiger partial charge in [-0.25, -0.2) is 0 Å². The van der Waals surface area contributed by atoms with E-state index in [0.717, 1.165) is 16.7 Å². The number of ether oxygens (including phenoxy) is 5. The predicted molar refractivity (Wildman–Crippen MR) is 126 cm³/mol. The van der Waals surface area contributed by atoms with Crippen LogP contribution in [0.4, 0.5) is 0 Å². The lowest BCUT2D eigenvalue weighted by Gasteiger charge is -2.48. The predicted octanol–water partition coefficient (Wildman–Crippen LogP) is 4.03. The molecule has 0 saturated carbocycles. The van der Waals surface area contributed by atoms with Gasteiger partial charge in [-0.15, -0.1) is 0 Å². The Morgan fingerprint density at radius 2 is 1.38 bits per heavy atom. The molecule has 6 nitrogen and oxygen atoms in total. The van der Waals surface area contributed by atoms with Crippen LogP contribution >= 0.6 is 0 Å². The minimum Gasteiger partial charge on any atom is -0.387 e. The molecule has 2 aliphatic rings. The summed E-state index contributed by atoms with van der Waals surface area (Å²) >= 11 is 0. The highest BCUT2D eigenvalue weighted by atomic mass is 16.7. The Labute approximate surface area is 200 Å². The third-order valence-corrected chi connectivity index (χ3v) is 6.20. The summed E-state index contributed by atoms with van der Waals surface area (Å²) in [4.78, 5) is 0. The van der Waals surface area contributed by atoms with Crippen LogP contribution in [0.25, 0.3) is 0 Å². The summed E-state index contributed by atoms with van der Waals surface area (Å²) in [6.45, 7) is 1.40. The van der Waals surface area contributed by atoms with E-state index in [1.807, 2.05) is 91.0 Å². The molecule has 34 heavy (non-hydrogen) atoms. The van der Waals surface area contributed by atoms with Gasteiger partial charge in [-0.2, -0.15) is 0 Å². The fourth-order valence-electron chi connectivity index (χ4n) is 4.41. The molecule has 3 aromatic rings. The summed E-state index contributed by atoms with van der Waals surface area (Å²) in [7, 11) is 0. The van der Waals surface area contributed by atoms with Gasteiger partial charge in [0.05, 0.1) is 26.4 Å². The Kier molecular flexibility index (Phi) is 7.65. The molecule has 3 aromatic carbocycles. The van der Waals surface area contributed by atoms with Gasteiger partial charge >= 0.3 is 0 Å². The van der Waals surface area contributed by atoms with Gasteiger partial charge in [0.25, 0.3) is 0 Å². The van der Waals surface area contributed by atoms with Gasteiger partial charge in [0, 0.05) is 5.56 Å². The number of rotatable bonds is 8. The smallest absolute Gasteiger partial charge is 0.184 e. The summed E-state index contributed by atoms with van der Waals surface area (Å²) in [5.74, 6) is 0. The lowest BCUT2D eigenvalue weighted by Crippen LogP contribution is -2.63. The maximum Gasteiger partial charge on any atom is 0.184 e. The van der Waals surface area contributed by atoms with Gasteiger partial charge in [0.15, 0.2) is 6.29 Å². The van der Waals surface area contributed by atoms with Crippen LogP contribution in [-0.2, 0) is 36.9 Å². The zero-order chi connectivity index (χ0) is 23.2. The van der Waals surface area contributed by atoms with Gasteiger partial charge in [0.1, 0.15) is 30.5 Å². The van der Waals surface area contributed by atoms with E-state index in [-0.39, 0.29) is 12.7 Å². The van der Waals surface area contributed by atoms with E-state index in [1.54, 1.807) is 0 Å². The number of hydrogen-bond donors (Lipinski definition) is 1. The second-order valence-electron chi connectivity index (χ2n) is 8.64. The normalized spacial score (nSPS) is 28.9. The average molecular weight is 463 g/mol. The Bertz CT molecular complexity index is 997. The highest BCUT2D eigenvalue weighted by molar-refractivity contribution is 5.17. The zero-order valence-corrected chi connectivity index (χ0v) is 18.9. The number of aliphatic hydroxyl groups is 1. The lowest BCUT2D eigenvalue weighted by molar-refractivity contribution is -0.338. The van der Waals surface area contributed by atoms with Crippen LogP contribution in [0.2, 0.25) is 0 Å². The first-order chi connectivity index (χ1) is 16.8. The highest BCUT2D eigenvalue weighted by Gasteiger charge is 2.50. The molecule has 0 spiro atoms. The van der Waals surface area contributed by atoms with Crippen LogP contribution < -0.4 is 0 Å². The summed E-state index contributed by atoms with van der Waals surface area (Å²) in [5, 5.41) is 11.2. The minimum absolute atomic E-state index is 0.243. The fraction of sp³-hybridized carbons (Fsp3) is 0.357. The van der Waals surface area contributed by atoms with E-state index in [9.17, 15) is 5.11 Å². The third-order valence-electron chi connectivity index (χ3n) is 6.20. The second-order valence-corrected chi connectivity index (χ2v) is 8.64. The minimum atomic E-state index is -0.907. The highest BCUT2D eigenvalue weighted by Crippen LogP contribution is 2.35. The maximum absolute atomic E-state index is 11.2. The molecular weight excluding hydrogens is 432 g/mol. The van der Waals surface area contributed by atoms with Crippen molar-refractivity contribution in [2.24, 2.45) is 0 Å². The van der Waals surface area contributed by atoms with Crippen LogP contribution in [0.15, 0.2) is 91.0 Å². The first kappa shape index (κ1) is 23.2. The fourth-order valence-corrected chi connectivity index (χ4v) is 4.41. The maximum atomic E-state index is 11.2. The van der Waals surface area contributed by atoms with Gasteiger partial charge in [0.2, 0.25) is 0 Å². The van der Waals surface area contributed by atoms with Crippen molar-refractivity contribution in [3.8, 4) is 0 Å². The second kappa shape index (κ2) is 11.2. The molecule has 3 unspecified atom stereocenters. The molecule has 0 radical (unpaired) electrons. The van der Waals surface area contributed by atoms with Crippen LogP contribution in [0, 0.1) is 0 Å². The molecule has 6 heteroatoms. The van der Waals surface area contributed by atoms with Crippen LogP contribution in [0.1, 0.15) is 23.0 Å². The van der Waals surface area contributed by atoms with E-state index >= 15 is 0 Å². The van der Waals surface area contributed by atoms with Crippen molar-refractivity contribution in [2.75, 3.05) is 13.2 Å². The van der Waals surface area contributed by atoms with Crippen molar-refractivity contribution in [1.82, 2.24) is 0 Å². The number of hydrogen-bond acceptors (Lipinski definition) is 6. The van der Waals surface area contributed by atoms with E-state index in [4.69, 9.17) is 23.7 Å². The van der Waals surface area contributed by atoms with Crippen LogP contribution in [-0.4, -0.2) is 48.8 Å². The molecule has 5 rings (SSSR count). The Morgan fingerprint density at radius 3 is 2.06 bits per heavy atom. The molecule has 0 amide bonds. The molecule has 0 bridgehead atoms. The molecule has 0 aliphatic carbocycles. The molecule has 178 valence electrons. The van der Waals surface area contributed by atoms with Crippen molar-refractivity contribution in [3.63, 3.8) is 0 Å². The first-order valence-corrected chi connectivity index (χ1v) is 11.7. The summed E-state index contributed by atoms with van der Waals surface area (Å²) in [5.41, 5.74) is 3.02. The first-order valence-electron chi connectivity index (χ1n) is 11.7. The standard InChI is InChI=1S/C28H30O6/c29-25-23(18-30-16-20-10-4-1-5-11-20)33-24-19-32-28(22-14-8-3-9-15-22)34-26(24)27(25)31-17-21-12-6-2-7-13-21/h1-15,23-29H,16-19H2/t23-,24+,25?,26?,27+,28?/m1/s1. The summed E-state index contributed by atoms with van der Waals surface area (Å²) in [6.07, 6.45) is -3.41. The Balaban J connectivity index is 1.28. The molecule has 6 atom stereocenters. The van der Waals surface area contributed by atoms with E-state index < -0.39 is 30.7 Å². The molecule has 1 N–H and O–H groups in total. The third kappa shape index (κ3) is 5.55. The van der Waals surface area contributed by atoms with Gasteiger partial charge in [-0.3, -0.25) is 0 Å². The molecular formula is C28H30O6. The largest absolute Gasteiger partial charge is 0.387 e. The number of fused-ring (bicyclic) bond motifs is 1. The van der Waals surface area contributed by atoms with Crippen molar-refractivity contribution in [1.29, 1.82) is 0 Å². The summed E-state index contributed by atoms with van der Waals surface area (Å²) < 4.78 is 30.6. The van der Waals surface area contributed by atoms with E-state index in [0.29, 0.717) is 19.8 Å². The average Bonchev–Trinajstić information content (AvgIpc) is 2.90. The lowest BCUT2D eigenvalue weighted by atomic mass is 9.94. The van der Waals surface area contributed by atoms with Crippen LogP contribution in [0.3, 0.4) is 0 Å². The molecule has 2 saturated heterocycles.